The molecule has 2 aromatic rings. The molecule has 3 N–H and O–H groups in total. The van der Waals surface area contributed by atoms with Gasteiger partial charge in [0.25, 0.3) is 0 Å². The minimum atomic E-state index is -1.52. The van der Waals surface area contributed by atoms with Crippen molar-refractivity contribution in [2.24, 2.45) is 5.84 Å². The molecule has 0 aliphatic rings. The van der Waals surface area contributed by atoms with Crippen molar-refractivity contribution in [3.05, 3.63) is 68.4 Å². The summed E-state index contributed by atoms with van der Waals surface area (Å²) in [6, 6.07) is 6.49. The van der Waals surface area contributed by atoms with Crippen LogP contribution in [0.4, 0.5) is 13.2 Å². The van der Waals surface area contributed by atoms with Gasteiger partial charge in [0.15, 0.2) is 17.5 Å². The molecule has 0 saturated heterocycles. The number of hydrazine groups is 1. The van der Waals surface area contributed by atoms with Crippen LogP contribution in [0.5, 0.6) is 0 Å². The number of nitrogens with one attached hydrogen (secondary N) is 1. The third-order valence-electron chi connectivity index (χ3n) is 3.08. The second-order valence-corrected chi connectivity index (χ2v) is 5.75. The zero-order valence-corrected chi connectivity index (χ0v) is 13.0. The smallest absolute Gasteiger partial charge is 0.194 e. The minimum Gasteiger partial charge on any atom is -0.271 e. The number of benzene rings is 2. The SMILES string of the molecule is NNC(Cc1ccc(Br)cc1Cl)c1ccc(F)c(F)c1F. The Morgan fingerprint density at radius 1 is 1.14 bits per heavy atom. The van der Waals surface area contributed by atoms with E-state index in [4.69, 9.17) is 17.4 Å². The van der Waals surface area contributed by atoms with Gasteiger partial charge in [-0.25, -0.2) is 13.2 Å². The zero-order chi connectivity index (χ0) is 15.6. The van der Waals surface area contributed by atoms with Crippen molar-refractivity contribution in [2.75, 3.05) is 0 Å². The summed E-state index contributed by atoms with van der Waals surface area (Å²) in [6.45, 7) is 0. The van der Waals surface area contributed by atoms with E-state index in [2.05, 4.69) is 21.4 Å². The van der Waals surface area contributed by atoms with Crippen molar-refractivity contribution in [2.45, 2.75) is 12.5 Å². The van der Waals surface area contributed by atoms with E-state index in [-0.39, 0.29) is 12.0 Å². The van der Waals surface area contributed by atoms with Crippen LogP contribution < -0.4 is 11.3 Å². The summed E-state index contributed by atoms with van der Waals surface area (Å²) in [4.78, 5) is 0. The van der Waals surface area contributed by atoms with E-state index in [0.29, 0.717) is 10.6 Å². The average Bonchev–Trinajstić information content (AvgIpc) is 2.45. The summed E-state index contributed by atoms with van der Waals surface area (Å²) in [5.74, 6) is 1.39. The Bertz CT molecular complexity index is 667. The fourth-order valence-corrected chi connectivity index (χ4v) is 2.73. The molecular weight excluding hydrogens is 369 g/mol. The lowest BCUT2D eigenvalue weighted by Crippen LogP contribution is -2.30. The zero-order valence-electron chi connectivity index (χ0n) is 10.6. The molecule has 0 saturated carbocycles. The first kappa shape index (κ1) is 16.3. The molecule has 0 spiro atoms. The van der Waals surface area contributed by atoms with Gasteiger partial charge < -0.3 is 0 Å². The van der Waals surface area contributed by atoms with Gasteiger partial charge in [0, 0.05) is 15.1 Å². The average molecular weight is 380 g/mol. The third-order valence-corrected chi connectivity index (χ3v) is 3.93. The lowest BCUT2D eigenvalue weighted by molar-refractivity contribution is 0.425. The Morgan fingerprint density at radius 3 is 2.48 bits per heavy atom. The number of hydrogen-bond donors (Lipinski definition) is 2. The Hall–Kier alpha value is -1.08. The first-order chi connectivity index (χ1) is 9.93. The van der Waals surface area contributed by atoms with Gasteiger partial charge in [-0.3, -0.25) is 11.3 Å². The van der Waals surface area contributed by atoms with Crippen molar-refractivity contribution in [1.29, 1.82) is 0 Å². The van der Waals surface area contributed by atoms with E-state index in [9.17, 15) is 13.2 Å². The number of hydrogen-bond acceptors (Lipinski definition) is 2. The molecule has 2 nitrogen and oxygen atoms in total. The van der Waals surface area contributed by atoms with Crippen LogP contribution in [-0.4, -0.2) is 0 Å². The number of nitrogens with two attached hydrogens (primary N) is 1. The summed E-state index contributed by atoms with van der Waals surface area (Å²) in [7, 11) is 0. The highest BCUT2D eigenvalue weighted by molar-refractivity contribution is 9.10. The van der Waals surface area contributed by atoms with Crippen LogP contribution in [0.15, 0.2) is 34.8 Å². The first-order valence-electron chi connectivity index (χ1n) is 5.97. The van der Waals surface area contributed by atoms with E-state index in [1.54, 1.807) is 18.2 Å². The van der Waals surface area contributed by atoms with Gasteiger partial charge in [-0.05, 0) is 30.2 Å². The van der Waals surface area contributed by atoms with Crippen molar-refractivity contribution in [3.63, 3.8) is 0 Å². The quantitative estimate of drug-likeness (QED) is 0.473. The number of halogens is 5. The maximum absolute atomic E-state index is 13.8. The lowest BCUT2D eigenvalue weighted by Gasteiger charge is -2.18. The van der Waals surface area contributed by atoms with Crippen LogP contribution in [0.2, 0.25) is 5.02 Å². The second kappa shape index (κ2) is 6.79. The van der Waals surface area contributed by atoms with Crippen molar-refractivity contribution in [3.8, 4) is 0 Å². The van der Waals surface area contributed by atoms with E-state index < -0.39 is 23.5 Å². The topological polar surface area (TPSA) is 38.0 Å². The molecule has 0 bridgehead atoms. The van der Waals surface area contributed by atoms with Gasteiger partial charge in [-0.2, -0.15) is 0 Å². The maximum Gasteiger partial charge on any atom is 0.194 e. The molecule has 2 aromatic carbocycles. The van der Waals surface area contributed by atoms with E-state index in [1.807, 2.05) is 0 Å². The molecule has 0 aliphatic carbocycles. The van der Waals surface area contributed by atoms with Crippen molar-refractivity contribution >= 4 is 27.5 Å². The Labute approximate surface area is 133 Å². The van der Waals surface area contributed by atoms with Crippen molar-refractivity contribution in [1.82, 2.24) is 5.43 Å². The monoisotopic (exact) mass is 378 g/mol. The molecule has 0 amide bonds. The largest absolute Gasteiger partial charge is 0.271 e. The van der Waals surface area contributed by atoms with Gasteiger partial charge in [0.1, 0.15) is 0 Å². The Morgan fingerprint density at radius 2 is 1.86 bits per heavy atom. The van der Waals surface area contributed by atoms with Gasteiger partial charge in [0.2, 0.25) is 0 Å². The maximum atomic E-state index is 13.8. The summed E-state index contributed by atoms with van der Waals surface area (Å²) < 4.78 is 40.9. The Balaban J connectivity index is 2.34. The lowest BCUT2D eigenvalue weighted by atomic mass is 9.98. The molecule has 0 aliphatic heterocycles. The van der Waals surface area contributed by atoms with Crippen LogP contribution in [0, 0.1) is 17.5 Å². The standard InChI is InChI=1S/C14H11BrClF3N2/c15-8-2-1-7(10(16)6-8)5-12(21-20)9-3-4-11(17)14(19)13(9)18/h1-4,6,12,21H,5,20H2. The molecule has 0 aromatic heterocycles. The number of rotatable bonds is 4. The highest BCUT2D eigenvalue weighted by atomic mass is 79.9. The van der Waals surface area contributed by atoms with Gasteiger partial charge in [-0.15, -0.1) is 0 Å². The predicted molar refractivity (Wildman–Crippen MR) is 79.2 cm³/mol. The molecule has 112 valence electrons. The molecular formula is C14H11BrClF3N2. The summed E-state index contributed by atoms with van der Waals surface area (Å²) in [5, 5.41) is 0.465. The van der Waals surface area contributed by atoms with Crippen LogP contribution in [0.3, 0.4) is 0 Å². The summed E-state index contributed by atoms with van der Waals surface area (Å²) in [5.41, 5.74) is 3.04. The highest BCUT2D eigenvalue weighted by Crippen LogP contribution is 2.28. The van der Waals surface area contributed by atoms with Crippen LogP contribution in [0.25, 0.3) is 0 Å². The minimum absolute atomic E-state index is 0.0598. The van der Waals surface area contributed by atoms with Gasteiger partial charge in [-0.1, -0.05) is 39.7 Å². The molecule has 1 unspecified atom stereocenters. The first-order valence-corrected chi connectivity index (χ1v) is 7.14. The summed E-state index contributed by atoms with van der Waals surface area (Å²) in [6.07, 6.45) is 0.227. The van der Waals surface area contributed by atoms with Gasteiger partial charge in [0.05, 0.1) is 6.04 Å². The highest BCUT2D eigenvalue weighted by Gasteiger charge is 2.21. The fraction of sp³-hybridized carbons (Fsp3) is 0.143. The van der Waals surface area contributed by atoms with Crippen molar-refractivity contribution < 1.29 is 13.2 Å². The molecule has 2 rings (SSSR count). The molecule has 7 heteroatoms. The van der Waals surface area contributed by atoms with E-state index >= 15 is 0 Å². The predicted octanol–water partition coefficient (Wildman–Crippen LogP) is 4.27. The second-order valence-electron chi connectivity index (χ2n) is 4.42. The van der Waals surface area contributed by atoms with Crippen LogP contribution in [-0.2, 0) is 6.42 Å². The molecule has 0 radical (unpaired) electrons. The fourth-order valence-electron chi connectivity index (χ4n) is 1.98. The Kier molecular flexibility index (Phi) is 5.27. The summed E-state index contributed by atoms with van der Waals surface area (Å²) >= 11 is 9.37. The van der Waals surface area contributed by atoms with E-state index in [0.717, 1.165) is 16.6 Å². The van der Waals surface area contributed by atoms with Crippen LogP contribution in [0.1, 0.15) is 17.2 Å². The van der Waals surface area contributed by atoms with Gasteiger partial charge >= 0.3 is 0 Å². The van der Waals surface area contributed by atoms with E-state index in [1.165, 1.54) is 0 Å². The molecule has 1 atom stereocenters. The molecule has 21 heavy (non-hydrogen) atoms. The van der Waals surface area contributed by atoms with Crippen LogP contribution >= 0.6 is 27.5 Å². The third kappa shape index (κ3) is 3.58. The molecule has 0 fully saturated rings. The normalized spacial score (nSPS) is 12.5. The molecule has 0 heterocycles.